The number of nitrogens with zero attached hydrogens (tertiary/aromatic N) is 2. The van der Waals surface area contributed by atoms with Crippen LogP contribution in [-0.2, 0) is 32.0 Å². The van der Waals surface area contributed by atoms with Gasteiger partial charge in [-0.25, -0.2) is 14.8 Å². The molecule has 2 amide bonds. The van der Waals surface area contributed by atoms with Gasteiger partial charge >= 0.3 is 5.97 Å². The van der Waals surface area contributed by atoms with Crippen molar-refractivity contribution >= 4 is 39.8 Å². The molecule has 2 saturated heterocycles. The van der Waals surface area contributed by atoms with Gasteiger partial charge in [-0.15, -0.1) is 11.3 Å². The van der Waals surface area contributed by atoms with E-state index < -0.39 is 29.9 Å². The first kappa shape index (κ1) is 23.9. The zero-order valence-corrected chi connectivity index (χ0v) is 21.6. The molecular weight excluding hydrogens is 488 g/mol. The number of thiophene rings is 1. The Hall–Kier alpha value is -3.49. The number of benzene rings is 2. The molecule has 2 aromatic carbocycles. The maximum Gasteiger partial charge on any atom is 0.341 e. The number of carbonyl (C=O) groups is 3. The lowest BCUT2D eigenvalue weighted by Gasteiger charge is -2.28. The molecule has 0 bridgehead atoms. The molecule has 3 atom stereocenters. The highest BCUT2D eigenvalue weighted by Crippen LogP contribution is 2.50. The second kappa shape index (κ2) is 9.43. The number of amides is 2. The van der Waals surface area contributed by atoms with Crippen molar-refractivity contribution in [3.8, 4) is 0 Å². The lowest BCUT2D eigenvalue weighted by atomic mass is 9.90. The SMILES string of the molecule is CCOC(=O)c1c(N2C(=O)C3ON(c4ccccc4)C(c4ccc(C)cc4)C3C2=O)sc2c1CCCC2. The predicted octanol–water partition coefficient (Wildman–Crippen LogP) is 5.16. The summed E-state index contributed by atoms with van der Waals surface area (Å²) in [6, 6.07) is 17.0. The first-order valence-corrected chi connectivity index (χ1v) is 13.6. The van der Waals surface area contributed by atoms with Crippen molar-refractivity contribution in [2.24, 2.45) is 5.92 Å². The Morgan fingerprint density at radius 1 is 1.03 bits per heavy atom. The third kappa shape index (κ3) is 3.86. The van der Waals surface area contributed by atoms with Crippen LogP contribution < -0.4 is 9.96 Å². The highest BCUT2D eigenvalue weighted by atomic mass is 32.1. The van der Waals surface area contributed by atoms with Gasteiger partial charge in [-0.3, -0.25) is 14.4 Å². The number of esters is 1. The maximum atomic E-state index is 14.1. The summed E-state index contributed by atoms with van der Waals surface area (Å²) in [4.78, 5) is 49.6. The van der Waals surface area contributed by atoms with Crippen LogP contribution in [0.2, 0.25) is 0 Å². The van der Waals surface area contributed by atoms with E-state index in [1.54, 1.807) is 12.0 Å². The van der Waals surface area contributed by atoms with E-state index in [4.69, 9.17) is 9.57 Å². The monoisotopic (exact) mass is 516 g/mol. The van der Waals surface area contributed by atoms with E-state index in [2.05, 4.69) is 0 Å². The molecule has 8 heteroatoms. The van der Waals surface area contributed by atoms with Crippen LogP contribution in [0.5, 0.6) is 0 Å². The van der Waals surface area contributed by atoms with Gasteiger partial charge in [0.1, 0.15) is 10.9 Å². The van der Waals surface area contributed by atoms with E-state index in [1.165, 1.54) is 16.2 Å². The minimum absolute atomic E-state index is 0.223. The van der Waals surface area contributed by atoms with Crippen molar-refractivity contribution in [2.75, 3.05) is 16.6 Å². The Balaban J connectivity index is 1.44. The Labute approximate surface area is 219 Å². The van der Waals surface area contributed by atoms with Crippen molar-refractivity contribution in [1.82, 2.24) is 0 Å². The summed E-state index contributed by atoms with van der Waals surface area (Å²) in [5.41, 5.74) is 4.05. The Bertz CT molecular complexity index is 1370. The molecule has 0 N–H and O–H groups in total. The average molecular weight is 517 g/mol. The van der Waals surface area contributed by atoms with Gasteiger partial charge in [-0.2, -0.15) is 0 Å². The second-order valence-corrected chi connectivity index (χ2v) is 10.8. The summed E-state index contributed by atoms with van der Waals surface area (Å²) >= 11 is 1.37. The van der Waals surface area contributed by atoms with Crippen LogP contribution in [0.3, 0.4) is 0 Å². The fraction of sp³-hybridized carbons (Fsp3) is 0.345. The zero-order chi connectivity index (χ0) is 25.7. The van der Waals surface area contributed by atoms with Crippen molar-refractivity contribution < 1.29 is 24.0 Å². The Morgan fingerprint density at radius 2 is 1.76 bits per heavy atom. The molecule has 3 aliphatic rings. The normalized spacial score (nSPS) is 22.8. The van der Waals surface area contributed by atoms with Crippen molar-refractivity contribution in [2.45, 2.75) is 51.7 Å². The van der Waals surface area contributed by atoms with Crippen LogP contribution in [0.15, 0.2) is 54.6 Å². The quantitative estimate of drug-likeness (QED) is 0.344. The molecule has 3 heterocycles. The third-order valence-electron chi connectivity index (χ3n) is 7.38. The topological polar surface area (TPSA) is 76.2 Å². The van der Waals surface area contributed by atoms with Gasteiger partial charge in [0.15, 0.2) is 6.10 Å². The van der Waals surface area contributed by atoms with Gasteiger partial charge in [-0.05, 0) is 62.8 Å². The molecule has 0 saturated carbocycles. The van der Waals surface area contributed by atoms with Gasteiger partial charge in [0.05, 0.1) is 23.9 Å². The van der Waals surface area contributed by atoms with E-state index in [-0.39, 0.29) is 12.5 Å². The third-order valence-corrected chi connectivity index (χ3v) is 8.66. The Morgan fingerprint density at radius 3 is 2.49 bits per heavy atom. The smallest absolute Gasteiger partial charge is 0.341 e. The van der Waals surface area contributed by atoms with Crippen LogP contribution in [0, 0.1) is 12.8 Å². The van der Waals surface area contributed by atoms with Crippen LogP contribution in [0.1, 0.15) is 57.7 Å². The van der Waals surface area contributed by atoms with Gasteiger partial charge in [0.2, 0.25) is 5.91 Å². The first-order chi connectivity index (χ1) is 18.0. The first-order valence-electron chi connectivity index (χ1n) is 12.8. The van der Waals surface area contributed by atoms with E-state index in [0.717, 1.165) is 52.9 Å². The lowest BCUT2D eigenvalue weighted by molar-refractivity contribution is -0.126. The number of hydrogen-bond acceptors (Lipinski definition) is 7. The van der Waals surface area contributed by atoms with Crippen LogP contribution in [-0.4, -0.2) is 30.5 Å². The summed E-state index contributed by atoms with van der Waals surface area (Å²) in [6.45, 7) is 3.99. The van der Waals surface area contributed by atoms with E-state index in [9.17, 15) is 14.4 Å². The highest BCUT2D eigenvalue weighted by molar-refractivity contribution is 7.17. The standard InChI is InChI=1S/C29H28N2O5S/c1-3-35-29(34)22-20-11-7-8-12-21(20)37-28(22)30-26(32)23-24(18-15-13-17(2)14-16-18)31(36-25(23)27(30)33)19-9-5-4-6-10-19/h4-6,9-10,13-16,23-25H,3,7-8,11-12H2,1-2H3. The summed E-state index contributed by atoms with van der Waals surface area (Å²) < 4.78 is 5.37. The number of anilines is 2. The molecule has 7 nitrogen and oxygen atoms in total. The molecule has 1 aliphatic carbocycles. The van der Waals surface area contributed by atoms with Gasteiger partial charge in [-0.1, -0.05) is 48.0 Å². The van der Waals surface area contributed by atoms with Crippen LogP contribution in [0.4, 0.5) is 10.7 Å². The van der Waals surface area contributed by atoms with E-state index in [0.29, 0.717) is 10.6 Å². The van der Waals surface area contributed by atoms with Crippen molar-refractivity contribution in [3.05, 3.63) is 81.7 Å². The van der Waals surface area contributed by atoms with E-state index in [1.807, 2.05) is 61.5 Å². The molecule has 6 rings (SSSR count). The van der Waals surface area contributed by atoms with Crippen molar-refractivity contribution in [1.29, 1.82) is 0 Å². The number of hydroxylamine groups is 1. The molecule has 3 aromatic rings. The number of fused-ring (bicyclic) bond motifs is 2. The minimum atomic E-state index is -0.979. The number of hydrogen-bond donors (Lipinski definition) is 0. The Kier molecular flexibility index (Phi) is 6.09. The number of rotatable bonds is 5. The molecule has 2 aliphatic heterocycles. The lowest BCUT2D eigenvalue weighted by Crippen LogP contribution is -2.37. The number of aryl methyl sites for hydroxylation is 2. The zero-order valence-electron chi connectivity index (χ0n) is 20.8. The number of para-hydroxylation sites is 1. The average Bonchev–Trinajstić information content (AvgIpc) is 3.55. The largest absolute Gasteiger partial charge is 0.462 e. The molecule has 2 fully saturated rings. The molecule has 1 aromatic heterocycles. The summed E-state index contributed by atoms with van der Waals surface area (Å²) in [6.07, 6.45) is 2.58. The summed E-state index contributed by atoms with van der Waals surface area (Å²) in [5, 5.41) is 2.08. The molecule has 190 valence electrons. The summed E-state index contributed by atoms with van der Waals surface area (Å²) in [5.74, 6) is -2.00. The number of ether oxygens (including phenoxy) is 1. The minimum Gasteiger partial charge on any atom is -0.462 e. The molecular formula is C29H28N2O5S. The predicted molar refractivity (Wildman–Crippen MR) is 141 cm³/mol. The van der Waals surface area contributed by atoms with Crippen LogP contribution >= 0.6 is 11.3 Å². The highest BCUT2D eigenvalue weighted by Gasteiger charge is 2.61. The maximum absolute atomic E-state index is 14.1. The molecule has 37 heavy (non-hydrogen) atoms. The van der Waals surface area contributed by atoms with Crippen LogP contribution in [0.25, 0.3) is 0 Å². The number of imide groups is 1. The van der Waals surface area contributed by atoms with E-state index >= 15 is 0 Å². The number of carbonyl (C=O) groups excluding carboxylic acids is 3. The van der Waals surface area contributed by atoms with Crippen molar-refractivity contribution in [3.63, 3.8) is 0 Å². The van der Waals surface area contributed by atoms with Gasteiger partial charge < -0.3 is 4.74 Å². The fourth-order valence-corrected chi connectivity index (χ4v) is 7.03. The molecule has 3 unspecified atom stereocenters. The second-order valence-electron chi connectivity index (χ2n) is 9.69. The summed E-state index contributed by atoms with van der Waals surface area (Å²) in [7, 11) is 0. The van der Waals surface area contributed by atoms with Gasteiger partial charge in [0.25, 0.3) is 5.91 Å². The van der Waals surface area contributed by atoms with Gasteiger partial charge in [0, 0.05) is 4.88 Å². The molecule has 0 radical (unpaired) electrons. The molecule has 0 spiro atoms. The fourth-order valence-electron chi connectivity index (χ4n) is 5.64.